The Morgan fingerprint density at radius 1 is 1.20 bits per heavy atom. The van der Waals surface area contributed by atoms with E-state index >= 15 is 0 Å². The van der Waals surface area contributed by atoms with Gasteiger partial charge in [0.15, 0.2) is 12.2 Å². The van der Waals surface area contributed by atoms with Crippen LogP contribution in [-0.2, 0) is 0 Å². The molecule has 0 amide bonds. The Morgan fingerprint density at radius 2 is 2.12 bits per heavy atom. The van der Waals surface area contributed by atoms with E-state index in [1.807, 2.05) is 19.1 Å². The number of hydrogen-bond donors (Lipinski definition) is 0. The number of aromatic nitrogens is 4. The van der Waals surface area contributed by atoms with Gasteiger partial charge < -0.3 is 13.9 Å². The van der Waals surface area contributed by atoms with Crippen molar-refractivity contribution in [2.45, 2.75) is 19.3 Å². The second-order valence-corrected chi connectivity index (χ2v) is 6.04. The zero-order valence-corrected chi connectivity index (χ0v) is 14.0. The van der Waals surface area contributed by atoms with Crippen LogP contribution < -0.4 is 9.47 Å². The van der Waals surface area contributed by atoms with Crippen LogP contribution in [0.15, 0.2) is 41.5 Å². The highest BCUT2D eigenvalue weighted by Crippen LogP contribution is 2.47. The molecule has 0 aliphatic heterocycles. The molecule has 1 fully saturated rings. The van der Waals surface area contributed by atoms with Gasteiger partial charge in [0.2, 0.25) is 5.88 Å². The summed E-state index contributed by atoms with van der Waals surface area (Å²) in [6.45, 7) is 2.41. The summed E-state index contributed by atoms with van der Waals surface area (Å²) in [7, 11) is 1.64. The van der Waals surface area contributed by atoms with Crippen LogP contribution in [-0.4, -0.2) is 33.7 Å². The maximum Gasteiger partial charge on any atom is 0.228 e. The molecule has 2 atom stereocenters. The third-order valence-corrected chi connectivity index (χ3v) is 4.30. The molecule has 1 aliphatic rings. The van der Waals surface area contributed by atoms with Crippen LogP contribution in [0.5, 0.6) is 11.6 Å². The molecule has 0 spiro atoms. The number of methoxy groups -OCH3 is 1. The Morgan fingerprint density at radius 3 is 2.84 bits per heavy atom. The minimum Gasteiger partial charge on any atom is -0.495 e. The molecular weight excluding hydrogens is 320 g/mol. The molecule has 4 rings (SSSR count). The number of nitrogens with zero attached hydrogens (tertiary/aromatic N) is 4. The highest BCUT2D eigenvalue weighted by atomic mass is 16.5. The van der Waals surface area contributed by atoms with Crippen LogP contribution in [0.25, 0.3) is 11.3 Å². The first kappa shape index (κ1) is 15.6. The van der Waals surface area contributed by atoms with Crippen LogP contribution in [0.1, 0.15) is 23.9 Å². The van der Waals surface area contributed by atoms with Gasteiger partial charge in [0, 0.05) is 23.7 Å². The van der Waals surface area contributed by atoms with E-state index in [0.717, 1.165) is 17.9 Å². The lowest BCUT2D eigenvalue weighted by atomic mass is 10.2. The summed E-state index contributed by atoms with van der Waals surface area (Å²) in [4.78, 5) is 17.0. The standard InChI is InChI=1S/C18H18N4O3/c1-11-20-7-15(17-8-19-10-25-17)18(22-11)24-9-12-5-14(12)16-4-3-13(23-2)6-21-16/h3-4,6-8,10,12,14H,5,9H2,1-2H3. The molecule has 1 aliphatic carbocycles. The van der Waals surface area contributed by atoms with Gasteiger partial charge in [-0.05, 0) is 25.5 Å². The topological polar surface area (TPSA) is 83.2 Å². The Labute approximate surface area is 145 Å². The first-order valence-electron chi connectivity index (χ1n) is 8.10. The van der Waals surface area contributed by atoms with Crippen LogP contribution in [0.2, 0.25) is 0 Å². The number of rotatable bonds is 6. The van der Waals surface area contributed by atoms with Crippen molar-refractivity contribution in [2.75, 3.05) is 13.7 Å². The van der Waals surface area contributed by atoms with Crippen LogP contribution in [0.3, 0.4) is 0 Å². The summed E-state index contributed by atoms with van der Waals surface area (Å²) in [5.74, 6) is 3.39. The van der Waals surface area contributed by atoms with Crippen molar-refractivity contribution in [2.24, 2.45) is 5.92 Å². The van der Waals surface area contributed by atoms with Crippen LogP contribution in [0, 0.1) is 12.8 Å². The first-order valence-corrected chi connectivity index (χ1v) is 8.10. The predicted octanol–water partition coefficient (Wildman–Crippen LogP) is 3.03. The minimum atomic E-state index is 0.419. The quantitative estimate of drug-likeness (QED) is 0.683. The van der Waals surface area contributed by atoms with Crippen LogP contribution >= 0.6 is 0 Å². The molecular formula is C18H18N4O3. The van der Waals surface area contributed by atoms with Crippen molar-refractivity contribution in [1.82, 2.24) is 19.9 Å². The first-order chi connectivity index (χ1) is 12.2. The van der Waals surface area contributed by atoms with Gasteiger partial charge in [-0.15, -0.1) is 0 Å². The lowest BCUT2D eigenvalue weighted by Crippen LogP contribution is -2.05. The fraction of sp³-hybridized carbons (Fsp3) is 0.333. The van der Waals surface area contributed by atoms with Gasteiger partial charge in [-0.3, -0.25) is 4.98 Å². The van der Waals surface area contributed by atoms with E-state index in [4.69, 9.17) is 13.9 Å². The van der Waals surface area contributed by atoms with Gasteiger partial charge in [-0.25, -0.2) is 9.97 Å². The van der Waals surface area contributed by atoms with Crippen molar-refractivity contribution in [3.8, 4) is 23.0 Å². The van der Waals surface area contributed by atoms with Gasteiger partial charge in [0.1, 0.15) is 11.6 Å². The normalized spacial score (nSPS) is 18.8. The van der Waals surface area contributed by atoms with E-state index in [1.54, 1.807) is 25.7 Å². The molecule has 0 saturated heterocycles. The van der Waals surface area contributed by atoms with E-state index in [2.05, 4.69) is 19.9 Å². The lowest BCUT2D eigenvalue weighted by Gasteiger charge is -2.09. The van der Waals surface area contributed by atoms with Gasteiger partial charge >= 0.3 is 0 Å². The summed E-state index contributed by atoms with van der Waals surface area (Å²) in [5, 5.41) is 0. The number of pyridine rings is 1. The van der Waals surface area contributed by atoms with Crippen molar-refractivity contribution >= 4 is 0 Å². The molecule has 0 N–H and O–H groups in total. The van der Waals surface area contributed by atoms with Crippen molar-refractivity contribution in [1.29, 1.82) is 0 Å². The Hall–Kier alpha value is -2.96. The highest BCUT2D eigenvalue weighted by molar-refractivity contribution is 5.61. The maximum absolute atomic E-state index is 5.97. The molecule has 0 radical (unpaired) electrons. The highest BCUT2D eigenvalue weighted by Gasteiger charge is 2.40. The number of aryl methyl sites for hydroxylation is 1. The van der Waals surface area contributed by atoms with E-state index in [0.29, 0.717) is 41.5 Å². The summed E-state index contributed by atoms with van der Waals surface area (Å²) in [6, 6.07) is 3.95. The lowest BCUT2D eigenvalue weighted by molar-refractivity contribution is 0.285. The average Bonchev–Trinajstić information content (AvgIpc) is 3.21. The van der Waals surface area contributed by atoms with Gasteiger partial charge in [0.25, 0.3) is 0 Å². The SMILES string of the molecule is COc1ccc(C2CC2COc2nc(C)ncc2-c2cnco2)nc1. The Balaban J connectivity index is 1.43. The van der Waals surface area contributed by atoms with E-state index in [-0.39, 0.29) is 0 Å². The third-order valence-electron chi connectivity index (χ3n) is 4.30. The van der Waals surface area contributed by atoms with Crippen LogP contribution in [0.4, 0.5) is 0 Å². The molecule has 25 heavy (non-hydrogen) atoms. The summed E-state index contributed by atoms with van der Waals surface area (Å²) in [6.07, 6.45) is 7.52. The molecule has 2 unspecified atom stereocenters. The monoisotopic (exact) mass is 338 g/mol. The fourth-order valence-corrected chi connectivity index (χ4v) is 2.79. The molecule has 3 aromatic rings. The average molecular weight is 338 g/mol. The molecule has 7 heteroatoms. The largest absolute Gasteiger partial charge is 0.495 e. The van der Waals surface area contributed by atoms with E-state index in [9.17, 15) is 0 Å². The molecule has 0 aromatic carbocycles. The number of oxazole rings is 1. The smallest absolute Gasteiger partial charge is 0.228 e. The van der Waals surface area contributed by atoms with Crippen molar-refractivity contribution < 1.29 is 13.9 Å². The van der Waals surface area contributed by atoms with Gasteiger partial charge in [0.05, 0.1) is 31.7 Å². The second kappa shape index (κ2) is 6.51. The Kier molecular flexibility index (Phi) is 4.05. The predicted molar refractivity (Wildman–Crippen MR) is 89.4 cm³/mol. The molecule has 128 valence electrons. The minimum absolute atomic E-state index is 0.419. The molecule has 3 heterocycles. The zero-order chi connectivity index (χ0) is 17.2. The number of ether oxygens (including phenoxy) is 2. The molecule has 3 aromatic heterocycles. The molecule has 1 saturated carbocycles. The van der Waals surface area contributed by atoms with Crippen molar-refractivity contribution in [3.05, 3.63) is 48.6 Å². The maximum atomic E-state index is 5.97. The Bertz CT molecular complexity index is 849. The summed E-state index contributed by atoms with van der Waals surface area (Å²) < 4.78 is 16.5. The van der Waals surface area contributed by atoms with Gasteiger partial charge in [-0.1, -0.05) is 0 Å². The summed E-state index contributed by atoms with van der Waals surface area (Å²) >= 11 is 0. The second-order valence-electron chi connectivity index (χ2n) is 6.04. The fourth-order valence-electron chi connectivity index (χ4n) is 2.79. The zero-order valence-electron chi connectivity index (χ0n) is 14.0. The summed E-state index contributed by atoms with van der Waals surface area (Å²) in [5.41, 5.74) is 1.78. The van der Waals surface area contributed by atoms with E-state index in [1.165, 1.54) is 6.39 Å². The number of hydrogen-bond acceptors (Lipinski definition) is 7. The van der Waals surface area contributed by atoms with Crippen molar-refractivity contribution in [3.63, 3.8) is 0 Å². The molecule has 0 bridgehead atoms. The van der Waals surface area contributed by atoms with Gasteiger partial charge in [-0.2, -0.15) is 4.98 Å². The van der Waals surface area contributed by atoms with E-state index < -0.39 is 0 Å². The molecule has 7 nitrogen and oxygen atoms in total. The third kappa shape index (κ3) is 3.31.